The summed E-state index contributed by atoms with van der Waals surface area (Å²) in [6.45, 7) is 2.41. The van der Waals surface area contributed by atoms with E-state index in [0.717, 1.165) is 6.42 Å². The molecule has 2 aromatic rings. The minimum Gasteiger partial charge on any atom is -0.345 e. The Morgan fingerprint density at radius 2 is 2.04 bits per heavy atom. The summed E-state index contributed by atoms with van der Waals surface area (Å²) in [5.41, 5.74) is 0.600. The summed E-state index contributed by atoms with van der Waals surface area (Å²) in [5.74, 6) is 0.288. The first-order valence-corrected chi connectivity index (χ1v) is 7.96. The van der Waals surface area contributed by atoms with Gasteiger partial charge in [0, 0.05) is 19.2 Å². The second-order valence-electron chi connectivity index (χ2n) is 5.91. The Labute approximate surface area is 139 Å². The van der Waals surface area contributed by atoms with Crippen LogP contribution in [0.1, 0.15) is 42.0 Å². The number of carbonyl (C=O) groups excluding carboxylic acids is 2. The van der Waals surface area contributed by atoms with Crippen LogP contribution in [0.15, 0.2) is 30.3 Å². The van der Waals surface area contributed by atoms with Crippen molar-refractivity contribution in [2.45, 2.75) is 31.8 Å². The van der Waals surface area contributed by atoms with E-state index in [1.807, 2.05) is 25.1 Å². The first-order valence-electron chi connectivity index (χ1n) is 7.96. The Morgan fingerprint density at radius 1 is 1.29 bits per heavy atom. The number of nitrogens with zero attached hydrogens (tertiary/aromatic N) is 5. The van der Waals surface area contributed by atoms with Gasteiger partial charge in [-0.3, -0.25) is 9.59 Å². The van der Waals surface area contributed by atoms with Gasteiger partial charge in [0.1, 0.15) is 6.04 Å². The van der Waals surface area contributed by atoms with Crippen LogP contribution in [0.3, 0.4) is 0 Å². The van der Waals surface area contributed by atoms with Crippen LogP contribution >= 0.6 is 0 Å². The third-order valence-corrected chi connectivity index (χ3v) is 4.24. The number of rotatable bonds is 4. The lowest BCUT2D eigenvalue weighted by Gasteiger charge is -2.25. The van der Waals surface area contributed by atoms with Gasteiger partial charge >= 0.3 is 0 Å². The van der Waals surface area contributed by atoms with Crippen molar-refractivity contribution in [3.8, 4) is 0 Å². The van der Waals surface area contributed by atoms with Crippen molar-refractivity contribution in [1.82, 2.24) is 30.4 Å². The molecule has 1 unspecified atom stereocenters. The van der Waals surface area contributed by atoms with Gasteiger partial charge in [-0.15, -0.1) is 5.10 Å². The number of hydrogen-bond acceptors (Lipinski definition) is 5. The molecule has 0 spiro atoms. The van der Waals surface area contributed by atoms with Gasteiger partial charge in [0.25, 0.3) is 5.91 Å². The Morgan fingerprint density at radius 3 is 2.71 bits per heavy atom. The summed E-state index contributed by atoms with van der Waals surface area (Å²) in [4.78, 5) is 26.9. The maximum absolute atomic E-state index is 12.6. The number of amides is 2. The molecule has 1 aliphatic rings. The minimum absolute atomic E-state index is 0.110. The van der Waals surface area contributed by atoms with Crippen LogP contribution in [0.25, 0.3) is 0 Å². The van der Waals surface area contributed by atoms with Gasteiger partial charge in [-0.25, -0.2) is 4.68 Å². The van der Waals surface area contributed by atoms with Crippen molar-refractivity contribution >= 4 is 11.8 Å². The number of aryl methyl sites for hydroxylation is 1. The minimum atomic E-state index is -0.457. The summed E-state index contributed by atoms with van der Waals surface area (Å²) in [5, 5.41) is 14.2. The normalized spacial score (nSPS) is 18.4. The van der Waals surface area contributed by atoms with Crippen LogP contribution in [0, 0.1) is 0 Å². The Bertz CT molecular complexity index is 729. The molecule has 1 fully saturated rings. The Balaban J connectivity index is 1.70. The molecule has 8 nitrogen and oxygen atoms in total. The average Bonchev–Trinajstić information content (AvgIpc) is 3.23. The monoisotopic (exact) mass is 328 g/mol. The number of carbonyl (C=O) groups is 2. The lowest BCUT2D eigenvalue weighted by molar-refractivity contribution is -0.125. The highest BCUT2D eigenvalue weighted by Gasteiger charge is 2.35. The van der Waals surface area contributed by atoms with E-state index in [9.17, 15) is 9.59 Å². The van der Waals surface area contributed by atoms with E-state index in [-0.39, 0.29) is 17.9 Å². The fraction of sp³-hybridized carbons (Fsp3) is 0.438. The molecule has 0 saturated carbocycles. The smallest absolute Gasteiger partial charge is 0.254 e. The molecule has 2 amide bonds. The fourth-order valence-electron chi connectivity index (χ4n) is 3.01. The number of hydrogen-bond donors (Lipinski definition) is 1. The second kappa shape index (κ2) is 6.77. The molecule has 0 aliphatic carbocycles. The molecular formula is C16H20N6O2. The zero-order chi connectivity index (χ0) is 17.1. The SMILES string of the molecule is CC(NC(=O)[C@H]1CCCN1C(=O)c1ccccc1)c1nnnn1C. The zero-order valence-electron chi connectivity index (χ0n) is 13.7. The molecule has 1 aromatic heterocycles. The van der Waals surface area contributed by atoms with Gasteiger partial charge in [0.2, 0.25) is 5.91 Å². The molecule has 1 aromatic carbocycles. The summed E-state index contributed by atoms with van der Waals surface area (Å²) in [6, 6.07) is 8.26. The molecule has 1 N–H and O–H groups in total. The highest BCUT2D eigenvalue weighted by Crippen LogP contribution is 2.21. The quantitative estimate of drug-likeness (QED) is 0.891. The summed E-state index contributed by atoms with van der Waals surface area (Å²) in [6.07, 6.45) is 1.48. The molecular weight excluding hydrogens is 308 g/mol. The highest BCUT2D eigenvalue weighted by atomic mass is 16.2. The van der Waals surface area contributed by atoms with Crippen molar-refractivity contribution in [1.29, 1.82) is 0 Å². The molecule has 1 aliphatic heterocycles. The Kier molecular flexibility index (Phi) is 4.54. The van der Waals surface area contributed by atoms with E-state index in [0.29, 0.717) is 24.4 Å². The molecule has 126 valence electrons. The maximum atomic E-state index is 12.6. The first kappa shape index (κ1) is 16.1. The van der Waals surface area contributed by atoms with Gasteiger partial charge in [-0.1, -0.05) is 18.2 Å². The van der Waals surface area contributed by atoms with Crippen LogP contribution in [-0.4, -0.2) is 49.5 Å². The third kappa shape index (κ3) is 3.12. The molecule has 1 saturated heterocycles. The van der Waals surface area contributed by atoms with Gasteiger partial charge in [-0.05, 0) is 42.3 Å². The highest BCUT2D eigenvalue weighted by molar-refractivity contribution is 5.97. The number of tetrazole rings is 1. The van der Waals surface area contributed by atoms with Crippen LogP contribution in [0.5, 0.6) is 0 Å². The molecule has 0 radical (unpaired) electrons. The van der Waals surface area contributed by atoms with Gasteiger partial charge in [0.05, 0.1) is 6.04 Å². The fourth-order valence-corrected chi connectivity index (χ4v) is 3.01. The van der Waals surface area contributed by atoms with Crippen LogP contribution in [0.2, 0.25) is 0 Å². The predicted octanol–water partition coefficient (Wildman–Crippen LogP) is 0.692. The molecule has 2 heterocycles. The van der Waals surface area contributed by atoms with E-state index in [4.69, 9.17) is 0 Å². The third-order valence-electron chi connectivity index (χ3n) is 4.24. The number of benzene rings is 1. The van der Waals surface area contributed by atoms with Gasteiger partial charge in [-0.2, -0.15) is 0 Å². The van der Waals surface area contributed by atoms with E-state index in [1.54, 1.807) is 24.1 Å². The van der Waals surface area contributed by atoms with Crippen LogP contribution < -0.4 is 5.32 Å². The van der Waals surface area contributed by atoms with Crippen LogP contribution in [0.4, 0.5) is 0 Å². The van der Waals surface area contributed by atoms with Crippen molar-refractivity contribution in [3.63, 3.8) is 0 Å². The molecule has 2 atom stereocenters. The summed E-state index contributed by atoms with van der Waals surface area (Å²) >= 11 is 0. The standard InChI is InChI=1S/C16H20N6O2/c1-11(14-18-19-20-21(14)2)17-15(23)13-9-6-10-22(13)16(24)12-7-4-3-5-8-12/h3-5,7-8,11,13H,6,9-10H2,1-2H3,(H,17,23)/t11?,13-/m1/s1. The Hall–Kier alpha value is -2.77. The molecule has 0 bridgehead atoms. The van der Waals surface area contributed by atoms with E-state index in [1.165, 1.54) is 4.68 Å². The van der Waals surface area contributed by atoms with E-state index in [2.05, 4.69) is 20.8 Å². The lowest BCUT2D eigenvalue weighted by Crippen LogP contribution is -2.46. The lowest BCUT2D eigenvalue weighted by atomic mass is 10.1. The van der Waals surface area contributed by atoms with Gasteiger partial charge < -0.3 is 10.2 Å². The van der Waals surface area contributed by atoms with E-state index >= 15 is 0 Å². The summed E-state index contributed by atoms with van der Waals surface area (Å²) < 4.78 is 1.52. The van der Waals surface area contributed by atoms with Gasteiger partial charge in [0.15, 0.2) is 5.82 Å². The number of aromatic nitrogens is 4. The molecule has 24 heavy (non-hydrogen) atoms. The number of nitrogens with one attached hydrogen (secondary N) is 1. The predicted molar refractivity (Wildman–Crippen MR) is 85.9 cm³/mol. The summed E-state index contributed by atoms with van der Waals surface area (Å²) in [7, 11) is 1.72. The largest absolute Gasteiger partial charge is 0.345 e. The van der Waals surface area contributed by atoms with Crippen molar-refractivity contribution in [2.24, 2.45) is 7.05 Å². The first-order chi connectivity index (χ1) is 11.6. The van der Waals surface area contributed by atoms with Crippen LogP contribution in [-0.2, 0) is 11.8 Å². The van der Waals surface area contributed by atoms with Crippen molar-refractivity contribution in [2.75, 3.05) is 6.54 Å². The van der Waals surface area contributed by atoms with Crippen molar-refractivity contribution < 1.29 is 9.59 Å². The van der Waals surface area contributed by atoms with Crippen molar-refractivity contribution in [3.05, 3.63) is 41.7 Å². The molecule has 8 heteroatoms. The maximum Gasteiger partial charge on any atom is 0.254 e. The second-order valence-corrected chi connectivity index (χ2v) is 5.91. The van der Waals surface area contributed by atoms with E-state index < -0.39 is 6.04 Å². The molecule has 3 rings (SSSR count). The number of likely N-dealkylation sites (tertiary alicyclic amines) is 1. The average molecular weight is 328 g/mol. The zero-order valence-corrected chi connectivity index (χ0v) is 13.7. The topological polar surface area (TPSA) is 93.0 Å².